The maximum atomic E-state index is 12.4. The van der Waals surface area contributed by atoms with Gasteiger partial charge in [0.1, 0.15) is 0 Å². The van der Waals surface area contributed by atoms with Crippen molar-refractivity contribution in [2.24, 2.45) is 0 Å². The van der Waals surface area contributed by atoms with E-state index in [1.165, 1.54) is 25.3 Å². The third-order valence-corrected chi connectivity index (χ3v) is 4.25. The third-order valence-electron chi connectivity index (χ3n) is 4.25. The van der Waals surface area contributed by atoms with Crippen LogP contribution in [0.15, 0.2) is 48.5 Å². The summed E-state index contributed by atoms with van der Waals surface area (Å²) >= 11 is 0. The first-order chi connectivity index (χ1) is 14.0. The van der Waals surface area contributed by atoms with Gasteiger partial charge < -0.3 is 19.5 Å². The summed E-state index contributed by atoms with van der Waals surface area (Å²) in [5.41, 5.74) is 0.708. The predicted molar refractivity (Wildman–Crippen MR) is 102 cm³/mol. The van der Waals surface area contributed by atoms with Gasteiger partial charge in [0.05, 0.1) is 36.1 Å². The molecule has 150 valence electrons. The van der Waals surface area contributed by atoms with E-state index >= 15 is 0 Å². The summed E-state index contributed by atoms with van der Waals surface area (Å²) in [6.45, 7) is -0.0214. The smallest absolute Gasteiger partial charge is 0.307 e. The van der Waals surface area contributed by atoms with E-state index in [9.17, 15) is 19.7 Å². The molecule has 0 aliphatic carbocycles. The molecule has 3 rings (SSSR count). The van der Waals surface area contributed by atoms with Crippen LogP contribution in [0, 0.1) is 10.1 Å². The lowest BCUT2D eigenvalue weighted by Crippen LogP contribution is -2.29. The average Bonchev–Trinajstić information content (AvgIpc) is 3.19. The van der Waals surface area contributed by atoms with Crippen molar-refractivity contribution < 1.29 is 28.7 Å². The number of carbonyl (C=O) groups is 2. The van der Waals surface area contributed by atoms with Crippen molar-refractivity contribution in [3.63, 3.8) is 0 Å². The largest absolute Gasteiger partial charge is 0.469 e. The van der Waals surface area contributed by atoms with E-state index in [0.717, 1.165) is 11.6 Å². The fourth-order valence-corrected chi connectivity index (χ4v) is 2.81. The minimum Gasteiger partial charge on any atom is -0.469 e. The monoisotopic (exact) mass is 398 g/mol. The van der Waals surface area contributed by atoms with Crippen LogP contribution in [-0.2, 0) is 14.3 Å². The first kappa shape index (κ1) is 19.9. The topological polar surface area (TPSA) is 117 Å². The Morgan fingerprint density at radius 2 is 1.93 bits per heavy atom. The van der Waals surface area contributed by atoms with Crippen LogP contribution < -0.4 is 14.8 Å². The lowest BCUT2D eigenvalue weighted by molar-refractivity contribution is -0.385. The molecule has 9 heteroatoms. The summed E-state index contributed by atoms with van der Waals surface area (Å²) in [5.74, 6) is -0.353. The van der Waals surface area contributed by atoms with E-state index < -0.39 is 22.8 Å². The van der Waals surface area contributed by atoms with Crippen LogP contribution in [0.1, 0.15) is 23.6 Å². The van der Waals surface area contributed by atoms with Crippen LogP contribution >= 0.6 is 0 Å². The van der Waals surface area contributed by atoms with Crippen molar-refractivity contribution in [3.05, 3.63) is 69.8 Å². The molecule has 0 aromatic heterocycles. The highest BCUT2D eigenvalue weighted by Crippen LogP contribution is 2.38. The number of carbonyl (C=O) groups excluding carboxylic acids is 2. The minimum absolute atomic E-state index is 0.0214. The van der Waals surface area contributed by atoms with Gasteiger partial charge in [-0.25, -0.2) is 0 Å². The number of nitro groups is 1. The van der Waals surface area contributed by atoms with Crippen molar-refractivity contribution in [2.75, 3.05) is 13.9 Å². The number of nitrogens with zero attached hydrogens (tertiary/aromatic N) is 1. The zero-order valence-electron chi connectivity index (χ0n) is 15.5. The van der Waals surface area contributed by atoms with Gasteiger partial charge in [-0.1, -0.05) is 30.3 Å². The number of hydrogen-bond donors (Lipinski definition) is 1. The molecule has 9 nitrogen and oxygen atoms in total. The second-order valence-electron chi connectivity index (χ2n) is 6.11. The molecule has 2 aromatic rings. The summed E-state index contributed by atoms with van der Waals surface area (Å²) in [6, 6.07) is 11.0. The lowest BCUT2D eigenvalue weighted by Gasteiger charge is -2.17. The van der Waals surface area contributed by atoms with Gasteiger partial charge in [-0.2, -0.15) is 0 Å². The SMILES string of the molecule is COC(=O)CC(NC(=O)/C=C/c1cc2c(cc1[N+](=O)[O-])OCO2)c1ccccc1. The number of hydrogen-bond acceptors (Lipinski definition) is 7. The summed E-state index contributed by atoms with van der Waals surface area (Å²) in [7, 11) is 1.27. The normalized spacial score (nSPS) is 13.1. The number of nitro benzene ring substituents is 1. The van der Waals surface area contributed by atoms with Crippen molar-refractivity contribution in [3.8, 4) is 11.5 Å². The van der Waals surface area contributed by atoms with Gasteiger partial charge in [0.15, 0.2) is 11.5 Å². The molecule has 0 bridgehead atoms. The highest BCUT2D eigenvalue weighted by Gasteiger charge is 2.22. The summed E-state index contributed by atoms with van der Waals surface area (Å²) in [5, 5.41) is 14.0. The van der Waals surface area contributed by atoms with Gasteiger partial charge >= 0.3 is 5.97 Å². The Kier molecular flexibility index (Phi) is 6.08. The van der Waals surface area contributed by atoms with E-state index in [2.05, 4.69) is 10.1 Å². The van der Waals surface area contributed by atoms with E-state index in [4.69, 9.17) is 9.47 Å². The molecular weight excluding hydrogens is 380 g/mol. The molecule has 0 saturated heterocycles. The molecule has 0 saturated carbocycles. The molecule has 1 N–H and O–H groups in total. The Balaban J connectivity index is 1.79. The molecule has 0 fully saturated rings. The maximum Gasteiger partial charge on any atom is 0.307 e. The second kappa shape index (κ2) is 8.87. The van der Waals surface area contributed by atoms with Crippen molar-refractivity contribution in [1.29, 1.82) is 0 Å². The highest BCUT2D eigenvalue weighted by molar-refractivity contribution is 5.93. The molecule has 1 aliphatic rings. The van der Waals surface area contributed by atoms with Gasteiger partial charge in [-0.05, 0) is 17.7 Å². The highest BCUT2D eigenvalue weighted by atomic mass is 16.7. The molecule has 1 aliphatic heterocycles. The zero-order valence-corrected chi connectivity index (χ0v) is 15.5. The van der Waals surface area contributed by atoms with E-state index in [0.29, 0.717) is 5.75 Å². The standard InChI is InChI=1S/C20H18N2O7/c1-27-20(24)10-15(13-5-3-2-4-6-13)21-19(23)8-7-14-9-17-18(29-12-28-17)11-16(14)22(25)26/h2-9,11,15H,10,12H2,1H3,(H,21,23)/b8-7+. The zero-order chi connectivity index (χ0) is 20.8. The van der Waals surface area contributed by atoms with Crippen LogP contribution in [0.2, 0.25) is 0 Å². The Hall–Kier alpha value is -3.88. The van der Waals surface area contributed by atoms with E-state index in [1.54, 1.807) is 24.3 Å². The number of benzene rings is 2. The van der Waals surface area contributed by atoms with E-state index in [1.807, 2.05) is 6.07 Å². The Labute approximate surface area is 166 Å². The van der Waals surface area contributed by atoms with Crippen molar-refractivity contribution in [1.82, 2.24) is 5.32 Å². The van der Waals surface area contributed by atoms with Gasteiger partial charge in [0.25, 0.3) is 5.69 Å². The molecular formula is C20H18N2O7. The molecule has 1 atom stereocenters. The Bertz CT molecular complexity index is 957. The Morgan fingerprint density at radius 1 is 1.24 bits per heavy atom. The molecule has 0 radical (unpaired) electrons. The van der Waals surface area contributed by atoms with Gasteiger partial charge in [0, 0.05) is 6.08 Å². The third kappa shape index (κ3) is 4.89. The number of rotatable bonds is 7. The minimum atomic E-state index is -0.604. The lowest BCUT2D eigenvalue weighted by atomic mass is 10.0. The van der Waals surface area contributed by atoms with Gasteiger partial charge in [0.2, 0.25) is 12.7 Å². The summed E-state index contributed by atoms with van der Waals surface area (Å²) < 4.78 is 15.1. The summed E-state index contributed by atoms with van der Waals surface area (Å²) in [4.78, 5) is 34.8. The number of amides is 1. The number of nitrogens with one attached hydrogen (secondary N) is 1. The summed E-state index contributed by atoms with van der Waals surface area (Å²) in [6.07, 6.45) is 2.43. The fraction of sp³-hybridized carbons (Fsp3) is 0.200. The fourth-order valence-electron chi connectivity index (χ4n) is 2.81. The maximum absolute atomic E-state index is 12.4. The van der Waals surface area contributed by atoms with E-state index in [-0.39, 0.29) is 30.2 Å². The molecule has 2 aromatic carbocycles. The number of esters is 1. The molecule has 1 unspecified atom stereocenters. The number of ether oxygens (including phenoxy) is 3. The molecule has 1 heterocycles. The number of methoxy groups -OCH3 is 1. The van der Waals surface area contributed by atoms with Crippen molar-refractivity contribution >= 4 is 23.6 Å². The predicted octanol–water partition coefficient (Wildman–Crippen LogP) is 2.76. The van der Waals surface area contributed by atoms with Crippen molar-refractivity contribution in [2.45, 2.75) is 12.5 Å². The molecule has 0 spiro atoms. The second-order valence-corrected chi connectivity index (χ2v) is 6.11. The van der Waals surface area contributed by atoms with Crippen LogP contribution in [0.4, 0.5) is 5.69 Å². The van der Waals surface area contributed by atoms with Crippen LogP contribution in [0.25, 0.3) is 6.08 Å². The molecule has 1 amide bonds. The van der Waals surface area contributed by atoms with Crippen LogP contribution in [0.5, 0.6) is 11.5 Å². The Morgan fingerprint density at radius 3 is 2.59 bits per heavy atom. The quantitative estimate of drug-likeness (QED) is 0.330. The first-order valence-corrected chi connectivity index (χ1v) is 8.66. The number of fused-ring (bicyclic) bond motifs is 1. The van der Waals surface area contributed by atoms with Crippen LogP contribution in [-0.4, -0.2) is 30.7 Å². The van der Waals surface area contributed by atoms with Gasteiger partial charge in [-0.3, -0.25) is 19.7 Å². The van der Waals surface area contributed by atoms with Gasteiger partial charge in [-0.15, -0.1) is 0 Å². The van der Waals surface area contributed by atoms with Crippen LogP contribution in [0.3, 0.4) is 0 Å². The molecule has 29 heavy (non-hydrogen) atoms. The first-order valence-electron chi connectivity index (χ1n) is 8.66. The average molecular weight is 398 g/mol.